The molecule has 2 nitrogen and oxygen atoms in total. The monoisotopic (exact) mass is 267 g/mol. The molecule has 0 aromatic heterocycles. The number of aryl methyl sites for hydroxylation is 1. The van der Waals surface area contributed by atoms with Crippen molar-refractivity contribution in [2.75, 3.05) is 13.2 Å². The number of halogens is 1. The molecule has 108 valence electrons. The summed E-state index contributed by atoms with van der Waals surface area (Å²) in [6.45, 7) is 7.85. The third-order valence-corrected chi connectivity index (χ3v) is 3.28. The number of ether oxygens (including phenoxy) is 1. The van der Waals surface area contributed by atoms with E-state index in [9.17, 15) is 4.39 Å². The summed E-state index contributed by atoms with van der Waals surface area (Å²) in [6.07, 6.45) is 4.39. The van der Waals surface area contributed by atoms with Gasteiger partial charge >= 0.3 is 0 Å². The molecule has 0 radical (unpaired) electrons. The summed E-state index contributed by atoms with van der Waals surface area (Å²) in [5.74, 6) is 0.422. The minimum Gasteiger partial charge on any atom is -0.493 e. The van der Waals surface area contributed by atoms with Gasteiger partial charge in [0.05, 0.1) is 6.61 Å². The van der Waals surface area contributed by atoms with E-state index in [1.807, 2.05) is 6.07 Å². The van der Waals surface area contributed by atoms with Gasteiger partial charge in [-0.25, -0.2) is 4.39 Å². The Labute approximate surface area is 116 Å². The molecule has 0 saturated carbocycles. The number of rotatable bonds is 9. The van der Waals surface area contributed by atoms with E-state index in [-0.39, 0.29) is 5.82 Å². The maximum Gasteiger partial charge on any atom is 0.129 e. The van der Waals surface area contributed by atoms with Crippen LogP contribution in [0.2, 0.25) is 0 Å². The first kappa shape index (κ1) is 16.0. The van der Waals surface area contributed by atoms with Crippen LogP contribution in [0, 0.1) is 12.7 Å². The number of hydrogen-bond acceptors (Lipinski definition) is 2. The predicted molar refractivity (Wildman–Crippen MR) is 78.2 cm³/mol. The zero-order chi connectivity index (χ0) is 14.1. The molecule has 0 bridgehead atoms. The predicted octanol–water partition coefficient (Wildman–Crippen LogP) is 4.07. The lowest BCUT2D eigenvalue weighted by Crippen LogP contribution is -2.29. The van der Waals surface area contributed by atoms with Gasteiger partial charge in [0, 0.05) is 12.1 Å². The lowest BCUT2D eigenvalue weighted by atomic mass is 10.1. The van der Waals surface area contributed by atoms with Crippen molar-refractivity contribution in [2.45, 2.75) is 52.5 Å². The Kier molecular flexibility index (Phi) is 7.49. The Bertz CT molecular complexity index is 368. The molecule has 1 N–H and O–H groups in total. The van der Waals surface area contributed by atoms with Crippen LogP contribution in [0.5, 0.6) is 5.75 Å². The molecule has 19 heavy (non-hydrogen) atoms. The van der Waals surface area contributed by atoms with Crippen LogP contribution >= 0.6 is 0 Å². The quantitative estimate of drug-likeness (QED) is 0.681. The number of nitrogens with one attached hydrogen (secondary N) is 1. The Morgan fingerprint density at radius 1 is 1.32 bits per heavy atom. The molecule has 0 aliphatic heterocycles. The molecule has 1 aromatic rings. The van der Waals surface area contributed by atoms with E-state index < -0.39 is 0 Å². The Morgan fingerprint density at radius 2 is 2.11 bits per heavy atom. The maximum atomic E-state index is 13.3. The molecule has 3 heteroatoms. The zero-order valence-corrected chi connectivity index (χ0v) is 12.3. The second kappa shape index (κ2) is 8.92. The molecule has 1 atom stereocenters. The van der Waals surface area contributed by atoms with Gasteiger partial charge in [-0.15, -0.1) is 0 Å². The molecule has 0 saturated heterocycles. The van der Waals surface area contributed by atoms with Crippen molar-refractivity contribution in [3.8, 4) is 5.75 Å². The Balaban J connectivity index is 2.24. The summed E-state index contributed by atoms with van der Waals surface area (Å²) in [6, 6.07) is 5.60. The van der Waals surface area contributed by atoms with E-state index in [4.69, 9.17) is 4.74 Å². The second-order valence-electron chi connectivity index (χ2n) is 4.96. The lowest BCUT2D eigenvalue weighted by molar-refractivity contribution is 0.293. The highest BCUT2D eigenvalue weighted by Crippen LogP contribution is 2.16. The van der Waals surface area contributed by atoms with Gasteiger partial charge in [-0.05, 0) is 50.8 Å². The SMILES string of the molecule is CCCNC(CC)CCCOc1ccc(C)c(F)c1. The molecule has 1 aromatic carbocycles. The van der Waals surface area contributed by atoms with Crippen molar-refractivity contribution in [3.05, 3.63) is 29.6 Å². The lowest BCUT2D eigenvalue weighted by Gasteiger charge is -2.16. The molecule has 0 aliphatic carbocycles. The highest BCUT2D eigenvalue weighted by molar-refractivity contribution is 5.27. The molecule has 1 unspecified atom stereocenters. The molecule has 0 amide bonds. The maximum absolute atomic E-state index is 13.3. The second-order valence-corrected chi connectivity index (χ2v) is 4.96. The first-order chi connectivity index (χ1) is 9.17. The largest absolute Gasteiger partial charge is 0.493 e. The first-order valence-corrected chi connectivity index (χ1v) is 7.29. The van der Waals surface area contributed by atoms with E-state index >= 15 is 0 Å². The van der Waals surface area contributed by atoms with Crippen molar-refractivity contribution in [1.82, 2.24) is 5.32 Å². The fourth-order valence-electron chi connectivity index (χ4n) is 1.98. The first-order valence-electron chi connectivity index (χ1n) is 7.29. The van der Waals surface area contributed by atoms with E-state index in [1.54, 1.807) is 13.0 Å². The third kappa shape index (κ3) is 6.06. The summed E-state index contributed by atoms with van der Waals surface area (Å²) in [7, 11) is 0. The highest BCUT2D eigenvalue weighted by Gasteiger charge is 2.05. The summed E-state index contributed by atoms with van der Waals surface area (Å²) < 4.78 is 18.9. The molecule has 0 fully saturated rings. The van der Waals surface area contributed by atoms with E-state index in [0.29, 0.717) is 24.0 Å². The summed E-state index contributed by atoms with van der Waals surface area (Å²) in [5.41, 5.74) is 0.655. The van der Waals surface area contributed by atoms with Gasteiger partial charge in [0.15, 0.2) is 0 Å². The van der Waals surface area contributed by atoms with Crippen LogP contribution in [0.1, 0.15) is 45.1 Å². The van der Waals surface area contributed by atoms with Crippen LogP contribution in [-0.4, -0.2) is 19.2 Å². The van der Waals surface area contributed by atoms with Gasteiger partial charge in [0.1, 0.15) is 11.6 Å². The smallest absolute Gasteiger partial charge is 0.129 e. The van der Waals surface area contributed by atoms with Crippen LogP contribution in [0.15, 0.2) is 18.2 Å². The van der Waals surface area contributed by atoms with Gasteiger partial charge in [0.25, 0.3) is 0 Å². The van der Waals surface area contributed by atoms with Crippen LogP contribution < -0.4 is 10.1 Å². The van der Waals surface area contributed by atoms with Crippen LogP contribution in [0.25, 0.3) is 0 Å². The molecule has 0 heterocycles. The molecule has 0 aliphatic rings. The standard InChI is InChI=1S/C16H26FNO/c1-4-10-18-14(5-2)7-6-11-19-15-9-8-13(3)16(17)12-15/h8-9,12,14,18H,4-7,10-11H2,1-3H3. The van der Waals surface area contributed by atoms with Gasteiger partial charge in [-0.1, -0.05) is 19.9 Å². The third-order valence-electron chi connectivity index (χ3n) is 3.28. The number of benzene rings is 1. The van der Waals surface area contributed by atoms with Crippen molar-refractivity contribution in [2.24, 2.45) is 0 Å². The normalized spacial score (nSPS) is 12.4. The van der Waals surface area contributed by atoms with Crippen molar-refractivity contribution < 1.29 is 9.13 Å². The molecule has 0 spiro atoms. The summed E-state index contributed by atoms with van der Waals surface area (Å²) >= 11 is 0. The van der Waals surface area contributed by atoms with Gasteiger partial charge in [-0.3, -0.25) is 0 Å². The Hall–Kier alpha value is -1.09. The minimum absolute atomic E-state index is 0.200. The van der Waals surface area contributed by atoms with Crippen LogP contribution in [-0.2, 0) is 0 Å². The van der Waals surface area contributed by atoms with E-state index in [1.165, 1.54) is 6.07 Å². The van der Waals surface area contributed by atoms with Crippen molar-refractivity contribution in [1.29, 1.82) is 0 Å². The topological polar surface area (TPSA) is 21.3 Å². The number of hydrogen-bond donors (Lipinski definition) is 1. The average Bonchev–Trinajstić information content (AvgIpc) is 2.42. The van der Waals surface area contributed by atoms with Gasteiger partial charge < -0.3 is 10.1 Å². The average molecular weight is 267 g/mol. The molecular formula is C16H26FNO. The van der Waals surface area contributed by atoms with E-state index in [0.717, 1.165) is 32.2 Å². The van der Waals surface area contributed by atoms with Crippen molar-refractivity contribution >= 4 is 0 Å². The fraction of sp³-hybridized carbons (Fsp3) is 0.625. The van der Waals surface area contributed by atoms with Crippen LogP contribution in [0.4, 0.5) is 4.39 Å². The minimum atomic E-state index is -0.200. The zero-order valence-electron chi connectivity index (χ0n) is 12.3. The highest BCUT2D eigenvalue weighted by atomic mass is 19.1. The fourth-order valence-corrected chi connectivity index (χ4v) is 1.98. The summed E-state index contributed by atoms with van der Waals surface area (Å²) in [4.78, 5) is 0. The Morgan fingerprint density at radius 3 is 2.74 bits per heavy atom. The molecule has 1 rings (SSSR count). The van der Waals surface area contributed by atoms with Gasteiger partial charge in [0.2, 0.25) is 0 Å². The van der Waals surface area contributed by atoms with Gasteiger partial charge in [-0.2, -0.15) is 0 Å². The van der Waals surface area contributed by atoms with Crippen molar-refractivity contribution in [3.63, 3.8) is 0 Å². The summed E-state index contributed by atoms with van der Waals surface area (Å²) in [5, 5.41) is 3.52. The van der Waals surface area contributed by atoms with Crippen LogP contribution in [0.3, 0.4) is 0 Å². The van der Waals surface area contributed by atoms with E-state index in [2.05, 4.69) is 19.2 Å². The molecular weight excluding hydrogens is 241 g/mol.